The Morgan fingerprint density at radius 2 is 1.72 bits per heavy atom. The van der Waals surface area contributed by atoms with Crippen LogP contribution in [0.15, 0.2) is 82.3 Å². The van der Waals surface area contributed by atoms with Gasteiger partial charge in [-0.05, 0) is 29.8 Å². The number of thioether (sulfide) groups is 1. The van der Waals surface area contributed by atoms with E-state index in [1.54, 1.807) is 6.26 Å². The maximum Gasteiger partial charge on any atom is 0.238 e. The third-order valence-electron chi connectivity index (χ3n) is 4.11. The molecule has 0 spiro atoms. The van der Waals surface area contributed by atoms with Crippen LogP contribution in [-0.2, 0) is 22.7 Å². The number of amides is 2. The summed E-state index contributed by atoms with van der Waals surface area (Å²) in [6, 6.07) is 21.1. The molecule has 7 heteroatoms. The fourth-order valence-electron chi connectivity index (χ4n) is 2.87. The second-order valence-corrected chi connectivity index (χ2v) is 7.53. The molecule has 29 heavy (non-hydrogen) atoms. The minimum atomic E-state index is -0.399. The molecule has 6 nitrogen and oxygen atoms in total. The van der Waals surface area contributed by atoms with Crippen molar-refractivity contribution in [3.05, 3.63) is 84.3 Å². The second-order valence-electron chi connectivity index (χ2n) is 6.51. The first-order valence-electron chi connectivity index (χ1n) is 9.19. The van der Waals surface area contributed by atoms with E-state index < -0.39 is 5.91 Å². The smallest absolute Gasteiger partial charge is 0.238 e. The lowest BCUT2D eigenvalue weighted by molar-refractivity contribution is -0.117. The average Bonchev–Trinajstić information content (AvgIpc) is 3.21. The number of nitrogens with one attached hydrogen (secondary N) is 1. The van der Waals surface area contributed by atoms with Crippen LogP contribution >= 0.6 is 11.8 Å². The number of rotatable bonds is 10. The van der Waals surface area contributed by atoms with Crippen LogP contribution in [0.1, 0.15) is 11.3 Å². The van der Waals surface area contributed by atoms with Gasteiger partial charge in [0.15, 0.2) is 0 Å². The van der Waals surface area contributed by atoms with Crippen molar-refractivity contribution in [1.82, 2.24) is 4.90 Å². The zero-order valence-electron chi connectivity index (χ0n) is 15.9. The maximum absolute atomic E-state index is 12.7. The number of furan rings is 1. The number of carbonyl (C=O) groups excluding carboxylic acids is 2. The Labute approximate surface area is 174 Å². The molecule has 0 atom stereocenters. The average molecular weight is 410 g/mol. The molecule has 3 aromatic rings. The molecule has 0 fully saturated rings. The predicted octanol–water partition coefficient (Wildman–Crippen LogP) is 3.50. The van der Waals surface area contributed by atoms with Gasteiger partial charge in [0.05, 0.1) is 30.8 Å². The summed E-state index contributed by atoms with van der Waals surface area (Å²) in [6.07, 6.45) is 1.63. The number of hydrogen-bond donors (Lipinski definition) is 2. The standard InChI is InChI=1S/C22H23N3O3S/c23-21(26)16-29-20-11-5-4-10-19(20)24-22(27)15-25(14-18-9-6-12-28-18)13-17-7-2-1-3-8-17/h1-12H,13-16H2,(H2,23,26)(H,24,27). The van der Waals surface area contributed by atoms with E-state index in [0.29, 0.717) is 18.8 Å². The maximum atomic E-state index is 12.7. The van der Waals surface area contributed by atoms with E-state index in [0.717, 1.165) is 16.2 Å². The third-order valence-corrected chi connectivity index (χ3v) is 5.20. The number of para-hydroxylation sites is 1. The Balaban J connectivity index is 1.67. The van der Waals surface area contributed by atoms with Crippen LogP contribution in [0.3, 0.4) is 0 Å². The van der Waals surface area contributed by atoms with E-state index in [1.165, 1.54) is 11.8 Å². The number of primary amides is 1. The predicted molar refractivity (Wildman–Crippen MR) is 114 cm³/mol. The first kappa shape index (κ1) is 20.7. The summed E-state index contributed by atoms with van der Waals surface area (Å²) >= 11 is 1.30. The Morgan fingerprint density at radius 3 is 2.45 bits per heavy atom. The first-order valence-corrected chi connectivity index (χ1v) is 10.2. The topological polar surface area (TPSA) is 88.6 Å². The number of nitrogens with two attached hydrogens (primary N) is 1. The van der Waals surface area contributed by atoms with Gasteiger partial charge in [0.2, 0.25) is 11.8 Å². The molecule has 0 aliphatic rings. The number of nitrogens with zero attached hydrogens (tertiary/aromatic N) is 1. The lowest BCUT2D eigenvalue weighted by Crippen LogP contribution is -2.32. The summed E-state index contributed by atoms with van der Waals surface area (Å²) < 4.78 is 5.45. The Morgan fingerprint density at radius 1 is 0.966 bits per heavy atom. The second kappa shape index (κ2) is 10.5. The molecule has 0 radical (unpaired) electrons. The molecule has 0 unspecified atom stereocenters. The highest BCUT2D eigenvalue weighted by Gasteiger charge is 2.15. The monoisotopic (exact) mass is 409 g/mol. The summed E-state index contributed by atoms with van der Waals surface area (Å²) in [5.41, 5.74) is 7.02. The van der Waals surface area contributed by atoms with Crippen molar-refractivity contribution in [3.8, 4) is 0 Å². The van der Waals surface area contributed by atoms with Crippen LogP contribution in [-0.4, -0.2) is 29.0 Å². The van der Waals surface area contributed by atoms with E-state index in [-0.39, 0.29) is 18.2 Å². The van der Waals surface area contributed by atoms with Crippen molar-refractivity contribution in [2.24, 2.45) is 5.73 Å². The molecule has 1 aromatic heterocycles. The van der Waals surface area contributed by atoms with Gasteiger partial charge in [-0.15, -0.1) is 11.8 Å². The first-order chi connectivity index (χ1) is 14.1. The zero-order valence-corrected chi connectivity index (χ0v) is 16.7. The van der Waals surface area contributed by atoms with E-state index in [9.17, 15) is 9.59 Å². The van der Waals surface area contributed by atoms with Crippen LogP contribution in [0.4, 0.5) is 5.69 Å². The number of hydrogen-bond acceptors (Lipinski definition) is 5. The van der Waals surface area contributed by atoms with Crippen molar-refractivity contribution in [3.63, 3.8) is 0 Å². The molecule has 150 valence electrons. The lowest BCUT2D eigenvalue weighted by Gasteiger charge is -2.21. The highest BCUT2D eigenvalue weighted by Crippen LogP contribution is 2.26. The van der Waals surface area contributed by atoms with Crippen molar-refractivity contribution < 1.29 is 14.0 Å². The van der Waals surface area contributed by atoms with Crippen molar-refractivity contribution in [2.75, 3.05) is 17.6 Å². The highest BCUT2D eigenvalue weighted by molar-refractivity contribution is 8.00. The van der Waals surface area contributed by atoms with Gasteiger partial charge in [0.1, 0.15) is 5.76 Å². The number of anilines is 1. The van der Waals surface area contributed by atoms with E-state index in [2.05, 4.69) is 5.32 Å². The SMILES string of the molecule is NC(=O)CSc1ccccc1NC(=O)CN(Cc1ccccc1)Cc1ccco1. The van der Waals surface area contributed by atoms with Gasteiger partial charge in [-0.2, -0.15) is 0 Å². The number of benzene rings is 2. The van der Waals surface area contributed by atoms with Gasteiger partial charge < -0.3 is 15.5 Å². The zero-order chi connectivity index (χ0) is 20.5. The minimum Gasteiger partial charge on any atom is -0.468 e. The molecule has 0 saturated carbocycles. The Hall–Kier alpha value is -3.03. The van der Waals surface area contributed by atoms with Crippen LogP contribution in [0, 0.1) is 0 Å². The molecule has 1 heterocycles. The largest absolute Gasteiger partial charge is 0.468 e. The minimum absolute atomic E-state index is 0.139. The summed E-state index contributed by atoms with van der Waals surface area (Å²) in [4.78, 5) is 26.6. The van der Waals surface area contributed by atoms with Crippen molar-refractivity contribution in [1.29, 1.82) is 0 Å². The van der Waals surface area contributed by atoms with Crippen LogP contribution < -0.4 is 11.1 Å². The summed E-state index contributed by atoms with van der Waals surface area (Å²) in [5, 5.41) is 2.95. The highest BCUT2D eigenvalue weighted by atomic mass is 32.2. The van der Waals surface area contributed by atoms with E-state index in [1.807, 2.05) is 71.6 Å². The van der Waals surface area contributed by atoms with Gasteiger partial charge in [-0.1, -0.05) is 42.5 Å². The van der Waals surface area contributed by atoms with Crippen molar-refractivity contribution in [2.45, 2.75) is 18.0 Å². The molecule has 3 N–H and O–H groups in total. The fraction of sp³-hybridized carbons (Fsp3) is 0.182. The molecule has 3 rings (SSSR count). The van der Waals surface area contributed by atoms with Crippen LogP contribution in [0.2, 0.25) is 0 Å². The summed E-state index contributed by atoms with van der Waals surface area (Å²) in [6.45, 7) is 1.34. The van der Waals surface area contributed by atoms with Gasteiger partial charge >= 0.3 is 0 Å². The van der Waals surface area contributed by atoms with Gasteiger partial charge in [-0.3, -0.25) is 14.5 Å². The number of carbonyl (C=O) groups is 2. The molecule has 0 aliphatic carbocycles. The molecule has 0 aliphatic heterocycles. The third kappa shape index (κ3) is 6.81. The Bertz CT molecular complexity index is 929. The normalized spacial score (nSPS) is 10.8. The molecule has 2 amide bonds. The Kier molecular flexibility index (Phi) is 7.49. The summed E-state index contributed by atoms with van der Waals surface area (Å²) in [7, 11) is 0. The molecular weight excluding hydrogens is 386 g/mol. The lowest BCUT2D eigenvalue weighted by atomic mass is 10.2. The molecule has 2 aromatic carbocycles. The quantitative estimate of drug-likeness (QED) is 0.501. The van der Waals surface area contributed by atoms with Crippen molar-refractivity contribution >= 4 is 29.3 Å². The van der Waals surface area contributed by atoms with Gasteiger partial charge in [0.25, 0.3) is 0 Å². The fourth-order valence-corrected chi connectivity index (χ4v) is 3.62. The van der Waals surface area contributed by atoms with Gasteiger partial charge in [0, 0.05) is 11.4 Å². The molecule has 0 bridgehead atoms. The van der Waals surface area contributed by atoms with E-state index in [4.69, 9.17) is 10.2 Å². The molecule has 0 saturated heterocycles. The van der Waals surface area contributed by atoms with Crippen LogP contribution in [0.5, 0.6) is 0 Å². The van der Waals surface area contributed by atoms with E-state index >= 15 is 0 Å². The van der Waals surface area contributed by atoms with Crippen LogP contribution in [0.25, 0.3) is 0 Å². The van der Waals surface area contributed by atoms with Gasteiger partial charge in [-0.25, -0.2) is 0 Å². The summed E-state index contributed by atoms with van der Waals surface area (Å²) in [5.74, 6) is 0.417. The molecular formula is C22H23N3O3S.